The Morgan fingerprint density at radius 2 is 1.92 bits per heavy atom. The number of nitro benzene ring substituents is 1. The zero-order valence-corrected chi connectivity index (χ0v) is 13.7. The van der Waals surface area contributed by atoms with Gasteiger partial charge in [0, 0.05) is 30.8 Å². The molecule has 0 amide bonds. The fraction of sp³-hybridized carbons (Fsp3) is 0.333. The fourth-order valence-electron chi connectivity index (χ4n) is 3.14. The minimum atomic E-state index is -4.79. The van der Waals surface area contributed by atoms with Gasteiger partial charge in [-0.25, -0.2) is 0 Å². The molecule has 0 saturated carbocycles. The highest BCUT2D eigenvalue weighted by Gasteiger charge is 2.38. The fourth-order valence-corrected chi connectivity index (χ4v) is 3.14. The van der Waals surface area contributed by atoms with Crippen molar-refractivity contribution in [3.63, 3.8) is 0 Å². The van der Waals surface area contributed by atoms with Crippen molar-refractivity contribution in [3.05, 3.63) is 69.8 Å². The molecule has 2 unspecified atom stereocenters. The molecule has 1 fully saturated rings. The number of anilines is 1. The van der Waals surface area contributed by atoms with Gasteiger partial charge in [0.1, 0.15) is 5.56 Å². The van der Waals surface area contributed by atoms with Crippen molar-refractivity contribution in [2.75, 3.05) is 18.5 Å². The summed E-state index contributed by atoms with van der Waals surface area (Å²) in [4.78, 5) is 9.79. The van der Waals surface area contributed by atoms with Crippen LogP contribution in [0.3, 0.4) is 0 Å². The summed E-state index contributed by atoms with van der Waals surface area (Å²) < 4.78 is 44.9. The molecule has 1 aliphatic rings. The highest BCUT2D eigenvalue weighted by atomic mass is 19.4. The molecule has 1 N–H and O–H groups in total. The molecule has 26 heavy (non-hydrogen) atoms. The van der Waals surface area contributed by atoms with Gasteiger partial charge < -0.3 is 10.1 Å². The monoisotopic (exact) mass is 366 g/mol. The van der Waals surface area contributed by atoms with E-state index in [2.05, 4.69) is 5.32 Å². The number of hydrogen-bond acceptors (Lipinski definition) is 4. The van der Waals surface area contributed by atoms with E-state index >= 15 is 0 Å². The third-order valence-corrected chi connectivity index (χ3v) is 4.41. The topological polar surface area (TPSA) is 64.4 Å². The van der Waals surface area contributed by atoms with Gasteiger partial charge in [0.05, 0.1) is 11.0 Å². The Kier molecular flexibility index (Phi) is 5.13. The van der Waals surface area contributed by atoms with Gasteiger partial charge in [-0.3, -0.25) is 10.1 Å². The third-order valence-electron chi connectivity index (χ3n) is 4.41. The van der Waals surface area contributed by atoms with Crippen LogP contribution in [0.4, 0.5) is 24.5 Å². The van der Waals surface area contributed by atoms with E-state index in [-0.39, 0.29) is 17.7 Å². The van der Waals surface area contributed by atoms with Crippen LogP contribution < -0.4 is 5.32 Å². The average molecular weight is 366 g/mol. The standard InChI is InChI=1S/C18H17F3N2O3/c19-18(20,21)15-10-14(6-7-16(15)23(24)25)22-11-13-8-9-26-17(13)12-4-2-1-3-5-12/h1-7,10,13,17,22H,8-9,11H2. The number of nitrogens with one attached hydrogen (secondary N) is 1. The Morgan fingerprint density at radius 3 is 2.58 bits per heavy atom. The molecule has 3 rings (SSSR count). The van der Waals surface area contributed by atoms with Crippen LogP contribution in [0, 0.1) is 16.0 Å². The molecule has 138 valence electrons. The second kappa shape index (κ2) is 7.33. The Balaban J connectivity index is 1.74. The van der Waals surface area contributed by atoms with E-state index in [1.54, 1.807) is 0 Å². The number of nitrogens with zero attached hydrogens (tertiary/aromatic N) is 1. The van der Waals surface area contributed by atoms with Gasteiger partial charge in [-0.05, 0) is 24.1 Å². The molecular formula is C18H17F3N2O3. The van der Waals surface area contributed by atoms with Gasteiger partial charge in [-0.15, -0.1) is 0 Å². The van der Waals surface area contributed by atoms with E-state index < -0.39 is 22.4 Å². The molecule has 1 saturated heterocycles. The highest BCUT2D eigenvalue weighted by molar-refractivity contribution is 5.55. The smallest absolute Gasteiger partial charge is 0.385 e. The number of benzene rings is 2. The van der Waals surface area contributed by atoms with Gasteiger partial charge in [0.15, 0.2) is 0 Å². The molecule has 1 aliphatic heterocycles. The molecule has 0 radical (unpaired) electrons. The van der Waals surface area contributed by atoms with Crippen molar-refractivity contribution < 1.29 is 22.8 Å². The highest BCUT2D eigenvalue weighted by Crippen LogP contribution is 2.38. The van der Waals surface area contributed by atoms with E-state index in [1.165, 1.54) is 6.07 Å². The summed E-state index contributed by atoms with van der Waals surface area (Å²) >= 11 is 0. The number of ether oxygens (including phenoxy) is 1. The zero-order valence-electron chi connectivity index (χ0n) is 13.7. The third kappa shape index (κ3) is 3.96. The maximum atomic E-state index is 13.1. The molecule has 8 heteroatoms. The van der Waals surface area contributed by atoms with E-state index in [0.29, 0.717) is 13.2 Å². The average Bonchev–Trinajstić information content (AvgIpc) is 3.08. The van der Waals surface area contributed by atoms with Crippen LogP contribution >= 0.6 is 0 Å². The first-order valence-corrected chi connectivity index (χ1v) is 8.12. The number of hydrogen-bond donors (Lipinski definition) is 1. The molecule has 0 aromatic heterocycles. The molecule has 0 aliphatic carbocycles. The summed E-state index contributed by atoms with van der Waals surface area (Å²) in [7, 11) is 0. The second-order valence-corrected chi connectivity index (χ2v) is 6.12. The minimum Gasteiger partial charge on any atom is -0.385 e. The second-order valence-electron chi connectivity index (χ2n) is 6.12. The minimum absolute atomic E-state index is 0.0990. The summed E-state index contributed by atoms with van der Waals surface area (Å²) in [6.07, 6.45) is -4.13. The van der Waals surface area contributed by atoms with Crippen LogP contribution in [-0.2, 0) is 10.9 Å². The number of nitro groups is 1. The van der Waals surface area contributed by atoms with E-state index in [9.17, 15) is 23.3 Å². The quantitative estimate of drug-likeness (QED) is 0.610. The lowest BCUT2D eigenvalue weighted by Gasteiger charge is -2.20. The van der Waals surface area contributed by atoms with Crippen LogP contribution in [0.5, 0.6) is 0 Å². The van der Waals surface area contributed by atoms with Gasteiger partial charge in [0.2, 0.25) is 0 Å². The molecular weight excluding hydrogens is 349 g/mol. The molecule has 1 heterocycles. The van der Waals surface area contributed by atoms with E-state index in [4.69, 9.17) is 4.74 Å². The van der Waals surface area contributed by atoms with Crippen LogP contribution in [-0.4, -0.2) is 18.1 Å². The summed E-state index contributed by atoms with van der Waals surface area (Å²) in [6.45, 7) is 0.995. The van der Waals surface area contributed by atoms with E-state index in [0.717, 1.165) is 24.1 Å². The molecule has 5 nitrogen and oxygen atoms in total. The summed E-state index contributed by atoms with van der Waals surface area (Å²) in [5.41, 5.74) is -0.984. The van der Waals surface area contributed by atoms with Crippen molar-refractivity contribution in [2.45, 2.75) is 18.7 Å². The molecule has 2 aromatic carbocycles. The first kappa shape index (κ1) is 18.2. The van der Waals surface area contributed by atoms with Crippen LogP contribution in [0.25, 0.3) is 0 Å². The lowest BCUT2D eigenvalue weighted by molar-refractivity contribution is -0.388. The predicted molar refractivity (Wildman–Crippen MR) is 89.8 cm³/mol. The Hall–Kier alpha value is -2.61. The Morgan fingerprint density at radius 1 is 1.19 bits per heavy atom. The predicted octanol–water partition coefficient (Wildman–Crippen LogP) is 4.80. The van der Waals surface area contributed by atoms with Crippen LogP contribution in [0.2, 0.25) is 0 Å². The molecule has 2 atom stereocenters. The normalized spacial score (nSPS) is 20.1. The lowest BCUT2D eigenvalue weighted by Crippen LogP contribution is -2.18. The number of halogens is 3. The first-order valence-electron chi connectivity index (χ1n) is 8.12. The number of rotatable bonds is 5. The molecule has 0 bridgehead atoms. The van der Waals surface area contributed by atoms with Crippen LogP contribution in [0.15, 0.2) is 48.5 Å². The Labute approximate surface area is 147 Å². The van der Waals surface area contributed by atoms with Crippen molar-refractivity contribution in [1.82, 2.24) is 0 Å². The van der Waals surface area contributed by atoms with Crippen molar-refractivity contribution in [3.8, 4) is 0 Å². The van der Waals surface area contributed by atoms with Gasteiger partial charge in [-0.2, -0.15) is 13.2 Å². The number of alkyl halides is 3. The molecule has 0 spiro atoms. The molecule has 2 aromatic rings. The first-order chi connectivity index (χ1) is 12.4. The summed E-state index contributed by atoms with van der Waals surface area (Å²) in [6, 6.07) is 12.6. The summed E-state index contributed by atoms with van der Waals surface area (Å²) in [5.74, 6) is 0.0990. The largest absolute Gasteiger partial charge is 0.423 e. The van der Waals surface area contributed by atoms with Crippen molar-refractivity contribution in [2.24, 2.45) is 5.92 Å². The maximum absolute atomic E-state index is 13.1. The maximum Gasteiger partial charge on any atom is 0.423 e. The van der Waals surface area contributed by atoms with Crippen molar-refractivity contribution in [1.29, 1.82) is 0 Å². The lowest BCUT2D eigenvalue weighted by atomic mass is 9.95. The van der Waals surface area contributed by atoms with Gasteiger partial charge >= 0.3 is 6.18 Å². The summed E-state index contributed by atoms with van der Waals surface area (Å²) in [5, 5.41) is 13.8. The van der Waals surface area contributed by atoms with Crippen molar-refractivity contribution >= 4 is 11.4 Å². The SMILES string of the molecule is O=[N+]([O-])c1ccc(NCC2CCOC2c2ccccc2)cc1C(F)(F)F. The van der Waals surface area contributed by atoms with Crippen LogP contribution in [0.1, 0.15) is 23.7 Å². The van der Waals surface area contributed by atoms with Gasteiger partial charge in [0.25, 0.3) is 5.69 Å². The van der Waals surface area contributed by atoms with Gasteiger partial charge in [-0.1, -0.05) is 30.3 Å². The zero-order chi connectivity index (χ0) is 18.7. The Bertz CT molecular complexity index is 781. The van der Waals surface area contributed by atoms with E-state index in [1.807, 2.05) is 30.3 Å².